The number of ether oxygens (including phenoxy) is 1. The fourth-order valence-electron chi connectivity index (χ4n) is 1.19. The lowest BCUT2D eigenvalue weighted by Gasteiger charge is -2.02. The van der Waals surface area contributed by atoms with Gasteiger partial charge in [-0.1, -0.05) is 24.3 Å². The highest BCUT2D eigenvalue weighted by atomic mass is 32.1. The molecule has 1 aromatic rings. The molecule has 90 valence electrons. The molecule has 0 spiro atoms. The summed E-state index contributed by atoms with van der Waals surface area (Å²) in [6, 6.07) is 7.84. The minimum atomic E-state index is 0.145. The summed E-state index contributed by atoms with van der Waals surface area (Å²) in [5.41, 5.74) is 9.77. The number of nitrogens with one attached hydrogen (secondary N) is 1. The molecule has 0 radical (unpaired) electrons. The number of hydrogen-bond donors (Lipinski definition) is 2. The van der Waals surface area contributed by atoms with Crippen molar-refractivity contribution in [3.63, 3.8) is 0 Å². The van der Waals surface area contributed by atoms with Gasteiger partial charge in [-0.2, -0.15) is 5.10 Å². The highest BCUT2D eigenvalue weighted by Gasteiger charge is 1.94. The molecule has 17 heavy (non-hydrogen) atoms. The molecule has 0 aliphatic carbocycles. The molecule has 5 heteroatoms. The maximum Gasteiger partial charge on any atom is 0.184 e. The Hall–Kier alpha value is -1.72. The van der Waals surface area contributed by atoms with Gasteiger partial charge in [0, 0.05) is 0 Å². The van der Waals surface area contributed by atoms with Crippen LogP contribution in [-0.2, 0) is 11.3 Å². The Morgan fingerprint density at radius 2 is 2.41 bits per heavy atom. The number of nitrogens with two attached hydrogens (primary N) is 1. The summed E-state index contributed by atoms with van der Waals surface area (Å²) < 4.78 is 5.35. The first kappa shape index (κ1) is 13.3. The van der Waals surface area contributed by atoms with Crippen molar-refractivity contribution in [3.8, 4) is 0 Å². The lowest BCUT2D eigenvalue weighted by atomic mass is 10.1. The van der Waals surface area contributed by atoms with Gasteiger partial charge in [-0.25, -0.2) is 0 Å². The largest absolute Gasteiger partial charge is 0.375 e. The molecule has 0 saturated carbocycles. The van der Waals surface area contributed by atoms with E-state index < -0.39 is 0 Å². The van der Waals surface area contributed by atoms with E-state index in [0.717, 1.165) is 11.1 Å². The van der Waals surface area contributed by atoms with Gasteiger partial charge in [0.2, 0.25) is 0 Å². The normalized spacial score (nSPS) is 10.4. The van der Waals surface area contributed by atoms with Crippen LogP contribution in [0.1, 0.15) is 11.1 Å². The molecule has 0 saturated heterocycles. The van der Waals surface area contributed by atoms with Crippen molar-refractivity contribution >= 4 is 23.5 Å². The number of nitrogens with zero attached hydrogens (tertiary/aromatic N) is 1. The summed E-state index contributed by atoms with van der Waals surface area (Å²) in [5.74, 6) is 0. The van der Waals surface area contributed by atoms with Gasteiger partial charge in [0.25, 0.3) is 0 Å². The van der Waals surface area contributed by atoms with E-state index in [1.165, 1.54) is 0 Å². The van der Waals surface area contributed by atoms with Crippen molar-refractivity contribution in [2.75, 3.05) is 6.61 Å². The Kier molecular flexibility index (Phi) is 5.92. The predicted octanol–water partition coefficient (Wildman–Crippen LogP) is 1.56. The highest BCUT2D eigenvalue weighted by Crippen LogP contribution is 2.04. The van der Waals surface area contributed by atoms with Crippen LogP contribution >= 0.6 is 12.2 Å². The summed E-state index contributed by atoms with van der Waals surface area (Å²) in [7, 11) is 0. The summed E-state index contributed by atoms with van der Waals surface area (Å²) >= 11 is 4.63. The Morgan fingerprint density at radius 3 is 3.12 bits per heavy atom. The first-order valence-electron chi connectivity index (χ1n) is 5.08. The predicted molar refractivity (Wildman–Crippen MR) is 73.8 cm³/mol. The van der Waals surface area contributed by atoms with E-state index in [4.69, 9.17) is 10.5 Å². The van der Waals surface area contributed by atoms with Crippen LogP contribution < -0.4 is 11.2 Å². The molecule has 1 rings (SSSR count). The van der Waals surface area contributed by atoms with Gasteiger partial charge in [0.05, 0.1) is 19.4 Å². The zero-order valence-corrected chi connectivity index (χ0v) is 10.2. The average Bonchev–Trinajstić information content (AvgIpc) is 2.29. The Morgan fingerprint density at radius 1 is 1.59 bits per heavy atom. The molecule has 1 aromatic carbocycles. The molecule has 3 N–H and O–H groups in total. The molecule has 0 bridgehead atoms. The number of hydrogen-bond acceptors (Lipinski definition) is 3. The monoisotopic (exact) mass is 249 g/mol. The molecule has 0 unspecified atom stereocenters. The van der Waals surface area contributed by atoms with E-state index in [0.29, 0.717) is 13.2 Å². The molecule has 0 heterocycles. The molecule has 4 nitrogen and oxygen atoms in total. The summed E-state index contributed by atoms with van der Waals surface area (Å²) in [6.45, 7) is 4.68. The third kappa shape index (κ3) is 5.79. The van der Waals surface area contributed by atoms with Crippen LogP contribution in [0.3, 0.4) is 0 Å². The third-order valence-electron chi connectivity index (χ3n) is 1.84. The van der Waals surface area contributed by atoms with Crippen LogP contribution in [0.2, 0.25) is 0 Å². The Labute approximate surface area is 106 Å². The standard InChI is InChI=1S/C12H15N3OS/c1-2-6-16-9-11-5-3-4-10(7-11)8-14-15-12(13)17/h2-5,7-8H,1,6,9H2,(H3,13,15,17). The van der Waals surface area contributed by atoms with Crippen LogP contribution in [0.15, 0.2) is 42.0 Å². The molecular formula is C12H15N3OS. The second kappa shape index (κ2) is 7.54. The minimum absolute atomic E-state index is 0.145. The van der Waals surface area contributed by atoms with Crippen LogP contribution in [0.5, 0.6) is 0 Å². The SMILES string of the molecule is C=CCOCc1cccc(C=NNC(N)=S)c1. The lowest BCUT2D eigenvalue weighted by molar-refractivity contribution is 0.149. The first-order chi connectivity index (χ1) is 8.22. The molecule has 0 aliphatic heterocycles. The smallest absolute Gasteiger partial charge is 0.184 e. The van der Waals surface area contributed by atoms with Crippen molar-refractivity contribution in [3.05, 3.63) is 48.0 Å². The Bertz CT molecular complexity index is 418. The molecular weight excluding hydrogens is 234 g/mol. The van der Waals surface area contributed by atoms with Gasteiger partial charge >= 0.3 is 0 Å². The quantitative estimate of drug-likeness (QED) is 0.264. The van der Waals surface area contributed by atoms with Crippen LogP contribution in [-0.4, -0.2) is 17.9 Å². The van der Waals surface area contributed by atoms with Gasteiger partial charge in [-0.3, -0.25) is 5.43 Å². The van der Waals surface area contributed by atoms with Gasteiger partial charge in [0.15, 0.2) is 5.11 Å². The molecule has 0 aromatic heterocycles. The maximum atomic E-state index is 5.35. The zero-order valence-electron chi connectivity index (χ0n) is 9.43. The number of hydrazone groups is 1. The highest BCUT2D eigenvalue weighted by molar-refractivity contribution is 7.80. The van der Waals surface area contributed by atoms with Crippen molar-refractivity contribution in [1.29, 1.82) is 0 Å². The van der Waals surface area contributed by atoms with Gasteiger partial charge < -0.3 is 10.5 Å². The summed E-state index contributed by atoms with van der Waals surface area (Å²) in [4.78, 5) is 0. The molecule has 0 amide bonds. The van der Waals surface area contributed by atoms with E-state index >= 15 is 0 Å². The summed E-state index contributed by atoms with van der Waals surface area (Å²) in [6.07, 6.45) is 3.37. The van der Waals surface area contributed by atoms with E-state index in [1.54, 1.807) is 12.3 Å². The Balaban J connectivity index is 2.55. The number of benzene rings is 1. The number of rotatable bonds is 6. The summed E-state index contributed by atoms with van der Waals surface area (Å²) in [5, 5.41) is 4.03. The average molecular weight is 249 g/mol. The second-order valence-electron chi connectivity index (χ2n) is 3.28. The van der Waals surface area contributed by atoms with Gasteiger partial charge in [0.1, 0.15) is 0 Å². The fraction of sp³-hybridized carbons (Fsp3) is 0.167. The van der Waals surface area contributed by atoms with E-state index in [1.807, 2.05) is 24.3 Å². The zero-order chi connectivity index (χ0) is 12.5. The minimum Gasteiger partial charge on any atom is -0.375 e. The van der Waals surface area contributed by atoms with Crippen LogP contribution in [0.4, 0.5) is 0 Å². The van der Waals surface area contributed by atoms with Gasteiger partial charge in [-0.15, -0.1) is 6.58 Å². The molecule has 0 aliphatic rings. The van der Waals surface area contributed by atoms with E-state index in [9.17, 15) is 0 Å². The van der Waals surface area contributed by atoms with Crippen molar-refractivity contribution < 1.29 is 4.74 Å². The second-order valence-corrected chi connectivity index (χ2v) is 3.72. The molecule has 0 atom stereocenters. The van der Waals surface area contributed by atoms with Crippen molar-refractivity contribution in [2.45, 2.75) is 6.61 Å². The maximum absolute atomic E-state index is 5.35. The van der Waals surface area contributed by atoms with E-state index in [-0.39, 0.29) is 5.11 Å². The van der Waals surface area contributed by atoms with Gasteiger partial charge in [-0.05, 0) is 29.4 Å². The van der Waals surface area contributed by atoms with Crippen molar-refractivity contribution in [1.82, 2.24) is 5.43 Å². The lowest BCUT2D eigenvalue weighted by Crippen LogP contribution is -2.23. The topological polar surface area (TPSA) is 59.6 Å². The van der Waals surface area contributed by atoms with Crippen LogP contribution in [0.25, 0.3) is 0 Å². The van der Waals surface area contributed by atoms with Crippen molar-refractivity contribution in [2.24, 2.45) is 10.8 Å². The fourth-order valence-corrected chi connectivity index (χ4v) is 1.25. The van der Waals surface area contributed by atoms with E-state index in [2.05, 4.69) is 29.3 Å². The number of thiocarbonyl (C=S) groups is 1. The third-order valence-corrected chi connectivity index (χ3v) is 1.94. The van der Waals surface area contributed by atoms with Crippen LogP contribution in [0, 0.1) is 0 Å². The molecule has 0 fully saturated rings. The first-order valence-corrected chi connectivity index (χ1v) is 5.49.